The van der Waals surface area contributed by atoms with Crippen LogP contribution >= 0.6 is 12.4 Å². The highest BCUT2D eigenvalue weighted by Crippen LogP contribution is 2.19. The highest BCUT2D eigenvalue weighted by atomic mass is 35.5. The summed E-state index contributed by atoms with van der Waals surface area (Å²) in [6.07, 6.45) is -0.986. The summed E-state index contributed by atoms with van der Waals surface area (Å²) in [4.78, 5) is 10.4. The van der Waals surface area contributed by atoms with Crippen molar-refractivity contribution in [3.8, 4) is 5.75 Å². The van der Waals surface area contributed by atoms with Crippen LogP contribution < -0.4 is 16.2 Å². The van der Waals surface area contributed by atoms with Crippen molar-refractivity contribution in [1.29, 1.82) is 0 Å². The number of rotatable bonds is 2. The smallest absolute Gasteiger partial charge is 0.409 e. The van der Waals surface area contributed by atoms with E-state index in [9.17, 15) is 9.18 Å². The van der Waals surface area contributed by atoms with Gasteiger partial charge in [-0.15, -0.1) is 12.4 Å². The zero-order valence-corrected chi connectivity index (χ0v) is 8.01. The monoisotopic (exact) mass is 220 g/mol. The van der Waals surface area contributed by atoms with E-state index < -0.39 is 11.9 Å². The Morgan fingerprint density at radius 2 is 2.14 bits per heavy atom. The van der Waals surface area contributed by atoms with Crippen molar-refractivity contribution in [2.24, 2.45) is 11.5 Å². The largest absolute Gasteiger partial charge is 0.410 e. The van der Waals surface area contributed by atoms with Crippen LogP contribution in [0.5, 0.6) is 5.75 Å². The van der Waals surface area contributed by atoms with Crippen LogP contribution in [-0.4, -0.2) is 6.09 Å². The summed E-state index contributed by atoms with van der Waals surface area (Å²) in [5.74, 6) is -0.441. The second kappa shape index (κ2) is 5.41. The number of carbonyl (C=O) groups excluding carboxylic acids is 1. The van der Waals surface area contributed by atoms with Gasteiger partial charge in [0.2, 0.25) is 0 Å². The average molecular weight is 221 g/mol. The first kappa shape index (κ1) is 12.7. The minimum Gasteiger partial charge on any atom is -0.410 e. The Bertz CT molecular complexity index is 333. The summed E-state index contributed by atoms with van der Waals surface area (Å²) < 4.78 is 17.2. The molecule has 14 heavy (non-hydrogen) atoms. The van der Waals surface area contributed by atoms with Crippen molar-refractivity contribution in [3.63, 3.8) is 0 Å². The molecule has 0 bridgehead atoms. The van der Waals surface area contributed by atoms with E-state index in [1.54, 1.807) is 0 Å². The van der Waals surface area contributed by atoms with Crippen LogP contribution in [0, 0.1) is 5.82 Å². The topological polar surface area (TPSA) is 78.3 Å². The average Bonchev–Trinajstić information content (AvgIpc) is 2.03. The number of amides is 1. The van der Waals surface area contributed by atoms with Crippen LogP contribution in [0.4, 0.5) is 9.18 Å². The van der Waals surface area contributed by atoms with Gasteiger partial charge in [0.15, 0.2) is 0 Å². The predicted octanol–water partition coefficient (Wildman–Crippen LogP) is 1.16. The van der Waals surface area contributed by atoms with Gasteiger partial charge in [-0.05, 0) is 6.07 Å². The summed E-state index contributed by atoms with van der Waals surface area (Å²) in [6, 6.07) is 3.73. The van der Waals surface area contributed by atoms with Gasteiger partial charge >= 0.3 is 6.09 Å². The molecule has 1 aromatic carbocycles. The molecule has 4 nitrogen and oxygen atoms in total. The van der Waals surface area contributed by atoms with Crippen LogP contribution in [0.3, 0.4) is 0 Å². The van der Waals surface area contributed by atoms with Crippen molar-refractivity contribution in [3.05, 3.63) is 29.6 Å². The number of hydrogen-bond donors (Lipinski definition) is 2. The van der Waals surface area contributed by atoms with E-state index in [4.69, 9.17) is 11.5 Å². The van der Waals surface area contributed by atoms with Crippen molar-refractivity contribution in [1.82, 2.24) is 0 Å². The Labute approximate surface area is 86.4 Å². The molecule has 4 N–H and O–H groups in total. The fourth-order valence-corrected chi connectivity index (χ4v) is 0.900. The molecular formula is C8H10ClFN2O2. The van der Waals surface area contributed by atoms with Gasteiger partial charge in [-0.25, -0.2) is 9.18 Å². The Hall–Kier alpha value is -1.33. The van der Waals surface area contributed by atoms with Gasteiger partial charge in [0.25, 0.3) is 0 Å². The van der Waals surface area contributed by atoms with Gasteiger partial charge in [0, 0.05) is 18.2 Å². The fraction of sp³-hybridized carbons (Fsp3) is 0.125. The van der Waals surface area contributed by atoms with Gasteiger partial charge in [0.05, 0.1) is 0 Å². The Morgan fingerprint density at radius 3 is 2.64 bits per heavy atom. The van der Waals surface area contributed by atoms with Crippen LogP contribution in [0.2, 0.25) is 0 Å². The van der Waals surface area contributed by atoms with Crippen molar-refractivity contribution < 1.29 is 13.9 Å². The fourth-order valence-electron chi connectivity index (χ4n) is 0.900. The maximum atomic E-state index is 12.7. The van der Waals surface area contributed by atoms with E-state index >= 15 is 0 Å². The molecule has 6 heteroatoms. The SMILES string of the molecule is Cl.NCc1ccc(F)cc1OC(N)=O. The molecule has 1 aromatic rings. The van der Waals surface area contributed by atoms with E-state index in [0.29, 0.717) is 5.56 Å². The first-order valence-electron chi connectivity index (χ1n) is 3.59. The quantitative estimate of drug-likeness (QED) is 0.785. The van der Waals surface area contributed by atoms with E-state index in [0.717, 1.165) is 6.07 Å². The maximum absolute atomic E-state index is 12.7. The lowest BCUT2D eigenvalue weighted by Crippen LogP contribution is -2.17. The van der Waals surface area contributed by atoms with Crippen LogP contribution in [0.25, 0.3) is 0 Å². The van der Waals surface area contributed by atoms with E-state index in [1.165, 1.54) is 12.1 Å². The number of primary amides is 1. The molecule has 0 heterocycles. The van der Waals surface area contributed by atoms with Crippen molar-refractivity contribution in [2.75, 3.05) is 0 Å². The van der Waals surface area contributed by atoms with Gasteiger partial charge in [-0.3, -0.25) is 0 Å². The van der Waals surface area contributed by atoms with Crippen molar-refractivity contribution >= 4 is 18.5 Å². The molecule has 0 atom stereocenters. The molecule has 0 aliphatic carbocycles. The number of halogens is 2. The lowest BCUT2D eigenvalue weighted by atomic mass is 10.2. The number of nitrogens with two attached hydrogens (primary N) is 2. The lowest BCUT2D eigenvalue weighted by Gasteiger charge is -2.05. The first-order chi connectivity index (χ1) is 6.13. The number of benzene rings is 1. The standard InChI is InChI=1S/C8H9FN2O2.ClH/c9-6-2-1-5(4-10)7(3-6)13-8(11)12;/h1-3H,4,10H2,(H2,11,12);1H. The number of carbonyl (C=O) groups is 1. The molecular weight excluding hydrogens is 211 g/mol. The van der Waals surface area contributed by atoms with Crippen molar-refractivity contribution in [2.45, 2.75) is 6.54 Å². The summed E-state index contributed by atoms with van der Waals surface area (Å²) in [7, 11) is 0. The molecule has 0 aromatic heterocycles. The summed E-state index contributed by atoms with van der Waals surface area (Å²) in [6.45, 7) is 0.156. The van der Waals surface area contributed by atoms with Crippen LogP contribution in [0.1, 0.15) is 5.56 Å². The molecule has 0 saturated heterocycles. The molecule has 1 amide bonds. The summed E-state index contributed by atoms with van der Waals surface area (Å²) >= 11 is 0. The molecule has 0 saturated carbocycles. The van der Waals surface area contributed by atoms with Gasteiger partial charge < -0.3 is 16.2 Å². The maximum Gasteiger partial charge on any atom is 0.409 e. The Balaban J connectivity index is 0.00000169. The Kier molecular flexibility index (Phi) is 4.90. The highest BCUT2D eigenvalue weighted by molar-refractivity contribution is 5.85. The van der Waals surface area contributed by atoms with E-state index in [2.05, 4.69) is 4.74 Å². The summed E-state index contributed by atoms with van der Waals surface area (Å²) in [5, 5.41) is 0. The highest BCUT2D eigenvalue weighted by Gasteiger charge is 2.06. The second-order valence-electron chi connectivity index (χ2n) is 2.38. The molecule has 0 spiro atoms. The first-order valence-corrected chi connectivity index (χ1v) is 3.59. The van der Waals surface area contributed by atoms with Crippen LogP contribution in [0.15, 0.2) is 18.2 Å². The summed E-state index contributed by atoms with van der Waals surface area (Å²) in [5.41, 5.74) is 10.6. The van der Waals surface area contributed by atoms with Crippen LogP contribution in [-0.2, 0) is 6.54 Å². The zero-order chi connectivity index (χ0) is 9.84. The minimum atomic E-state index is -0.986. The number of ether oxygens (including phenoxy) is 1. The molecule has 0 aliphatic rings. The third-order valence-corrected chi connectivity index (χ3v) is 1.46. The Morgan fingerprint density at radius 1 is 1.50 bits per heavy atom. The van der Waals surface area contributed by atoms with E-state index in [1.807, 2.05) is 0 Å². The van der Waals surface area contributed by atoms with Gasteiger partial charge in [-0.2, -0.15) is 0 Å². The van der Waals surface area contributed by atoms with Gasteiger partial charge in [-0.1, -0.05) is 6.07 Å². The predicted molar refractivity (Wildman–Crippen MR) is 51.8 cm³/mol. The molecule has 0 fully saturated rings. The zero-order valence-electron chi connectivity index (χ0n) is 7.20. The molecule has 0 aliphatic heterocycles. The molecule has 1 rings (SSSR count). The molecule has 0 unspecified atom stereocenters. The minimum absolute atomic E-state index is 0. The second-order valence-corrected chi connectivity index (χ2v) is 2.38. The lowest BCUT2D eigenvalue weighted by molar-refractivity contribution is 0.210. The number of hydrogen-bond acceptors (Lipinski definition) is 3. The third kappa shape index (κ3) is 3.20. The normalized spacial score (nSPS) is 9.00. The van der Waals surface area contributed by atoms with Gasteiger partial charge in [0.1, 0.15) is 11.6 Å². The molecule has 0 radical (unpaired) electrons. The molecule has 78 valence electrons. The van der Waals surface area contributed by atoms with E-state index in [-0.39, 0.29) is 24.7 Å². The third-order valence-electron chi connectivity index (χ3n) is 1.46.